The van der Waals surface area contributed by atoms with Gasteiger partial charge in [0.05, 0.1) is 0 Å². The van der Waals surface area contributed by atoms with Crippen LogP contribution in [0.3, 0.4) is 0 Å². The molecule has 0 radical (unpaired) electrons. The molecule has 2 aliphatic rings. The second-order valence-electron chi connectivity index (χ2n) is 5.22. The van der Waals surface area contributed by atoms with E-state index in [0.29, 0.717) is 6.42 Å². The van der Waals surface area contributed by atoms with Crippen molar-refractivity contribution in [1.29, 1.82) is 0 Å². The van der Waals surface area contributed by atoms with Gasteiger partial charge in [0.1, 0.15) is 0 Å². The maximum atomic E-state index is 13.3. The van der Waals surface area contributed by atoms with Gasteiger partial charge in [-0.05, 0) is 38.3 Å². The Labute approximate surface area is 109 Å². The summed E-state index contributed by atoms with van der Waals surface area (Å²) in [4.78, 5) is 2.35. The molecule has 1 unspecified atom stereocenters. The van der Waals surface area contributed by atoms with Crippen molar-refractivity contribution in [3.05, 3.63) is 0 Å². The zero-order chi connectivity index (χ0) is 11.4. The lowest BCUT2D eigenvalue weighted by atomic mass is 9.86. The minimum absolute atomic E-state index is 0. The fourth-order valence-electron chi connectivity index (χ4n) is 2.88. The zero-order valence-corrected chi connectivity index (χ0v) is 11.1. The Morgan fingerprint density at radius 2 is 2.00 bits per heavy atom. The summed E-state index contributed by atoms with van der Waals surface area (Å²) in [5.74, 6) is -2.19. The van der Waals surface area contributed by atoms with Gasteiger partial charge in [0, 0.05) is 32.5 Å². The summed E-state index contributed by atoms with van der Waals surface area (Å²) in [6.07, 6.45) is 3.04. The van der Waals surface area contributed by atoms with Gasteiger partial charge in [0.25, 0.3) is 0 Å². The Bertz CT molecular complexity index is 219. The molecule has 2 fully saturated rings. The molecule has 1 saturated carbocycles. The SMILES string of the molecule is Cl.FC1(F)CCCC(CN2CCCNCC2)C1. The molecule has 1 aliphatic carbocycles. The van der Waals surface area contributed by atoms with Gasteiger partial charge in [0.2, 0.25) is 5.92 Å². The highest BCUT2D eigenvalue weighted by atomic mass is 35.5. The first-order chi connectivity index (χ1) is 7.66. The van der Waals surface area contributed by atoms with E-state index in [0.717, 1.165) is 45.6 Å². The minimum Gasteiger partial charge on any atom is -0.315 e. The monoisotopic (exact) mass is 268 g/mol. The number of nitrogens with one attached hydrogen (secondary N) is 1. The second kappa shape index (κ2) is 6.86. The third kappa shape index (κ3) is 5.06. The molecule has 0 aromatic carbocycles. The largest absolute Gasteiger partial charge is 0.315 e. The molecule has 1 N–H and O–H groups in total. The fraction of sp³-hybridized carbons (Fsp3) is 1.00. The van der Waals surface area contributed by atoms with E-state index >= 15 is 0 Å². The van der Waals surface area contributed by atoms with Gasteiger partial charge in [-0.3, -0.25) is 0 Å². The van der Waals surface area contributed by atoms with Crippen LogP contribution in [0.15, 0.2) is 0 Å². The summed E-state index contributed by atoms with van der Waals surface area (Å²) in [7, 11) is 0. The Hall–Kier alpha value is 0.0700. The van der Waals surface area contributed by atoms with Crippen molar-refractivity contribution in [3.63, 3.8) is 0 Å². The summed E-state index contributed by atoms with van der Waals surface area (Å²) in [6, 6.07) is 0. The normalized spacial score (nSPS) is 30.4. The van der Waals surface area contributed by atoms with Crippen LogP contribution in [0, 0.1) is 5.92 Å². The van der Waals surface area contributed by atoms with E-state index in [4.69, 9.17) is 0 Å². The number of alkyl halides is 2. The van der Waals surface area contributed by atoms with Crippen molar-refractivity contribution < 1.29 is 8.78 Å². The Kier molecular flexibility index (Phi) is 6.10. The Morgan fingerprint density at radius 1 is 1.18 bits per heavy atom. The predicted octanol–water partition coefficient (Wildman–Crippen LogP) is 2.53. The quantitative estimate of drug-likeness (QED) is 0.828. The van der Waals surface area contributed by atoms with Crippen LogP contribution in [0.4, 0.5) is 8.78 Å². The van der Waals surface area contributed by atoms with Crippen molar-refractivity contribution in [2.24, 2.45) is 5.92 Å². The molecule has 0 bridgehead atoms. The van der Waals surface area contributed by atoms with Crippen LogP contribution in [0.5, 0.6) is 0 Å². The van der Waals surface area contributed by atoms with E-state index in [1.165, 1.54) is 0 Å². The van der Waals surface area contributed by atoms with Crippen LogP contribution in [0.2, 0.25) is 0 Å². The average molecular weight is 269 g/mol. The number of halogens is 3. The first-order valence-electron chi connectivity index (χ1n) is 6.47. The molecular weight excluding hydrogens is 246 g/mol. The molecule has 1 heterocycles. The first kappa shape index (κ1) is 15.1. The van der Waals surface area contributed by atoms with Crippen molar-refractivity contribution in [2.45, 2.75) is 38.0 Å². The van der Waals surface area contributed by atoms with Gasteiger partial charge in [-0.15, -0.1) is 12.4 Å². The van der Waals surface area contributed by atoms with Gasteiger partial charge < -0.3 is 10.2 Å². The summed E-state index contributed by atoms with van der Waals surface area (Å²) in [5, 5.41) is 3.34. The van der Waals surface area contributed by atoms with E-state index in [1.807, 2.05) is 0 Å². The van der Waals surface area contributed by atoms with E-state index in [-0.39, 0.29) is 31.2 Å². The number of nitrogens with zero attached hydrogens (tertiary/aromatic N) is 1. The van der Waals surface area contributed by atoms with Crippen LogP contribution in [0.1, 0.15) is 32.1 Å². The zero-order valence-electron chi connectivity index (χ0n) is 10.3. The maximum absolute atomic E-state index is 13.3. The van der Waals surface area contributed by atoms with Crippen molar-refractivity contribution in [1.82, 2.24) is 10.2 Å². The Morgan fingerprint density at radius 3 is 2.76 bits per heavy atom. The molecule has 5 heteroatoms. The predicted molar refractivity (Wildman–Crippen MR) is 68.1 cm³/mol. The van der Waals surface area contributed by atoms with Crippen LogP contribution < -0.4 is 5.32 Å². The molecule has 17 heavy (non-hydrogen) atoms. The summed E-state index contributed by atoms with van der Waals surface area (Å²) < 4.78 is 26.5. The topological polar surface area (TPSA) is 15.3 Å². The Balaban J connectivity index is 0.00000144. The van der Waals surface area contributed by atoms with Crippen molar-refractivity contribution >= 4 is 12.4 Å². The number of hydrogen-bond acceptors (Lipinski definition) is 2. The molecular formula is C12H23ClF2N2. The highest BCUT2D eigenvalue weighted by Gasteiger charge is 2.36. The smallest absolute Gasteiger partial charge is 0.248 e. The molecule has 1 aliphatic heterocycles. The highest BCUT2D eigenvalue weighted by molar-refractivity contribution is 5.85. The molecule has 2 rings (SSSR count). The summed E-state index contributed by atoms with van der Waals surface area (Å²) in [5.41, 5.74) is 0. The first-order valence-corrected chi connectivity index (χ1v) is 6.47. The molecule has 0 spiro atoms. The molecule has 1 atom stereocenters. The third-order valence-corrected chi connectivity index (χ3v) is 3.69. The van der Waals surface area contributed by atoms with Gasteiger partial charge in [-0.25, -0.2) is 8.78 Å². The third-order valence-electron chi connectivity index (χ3n) is 3.69. The van der Waals surface area contributed by atoms with Gasteiger partial charge in [-0.2, -0.15) is 0 Å². The van der Waals surface area contributed by atoms with Crippen LogP contribution in [-0.4, -0.2) is 43.5 Å². The van der Waals surface area contributed by atoms with Gasteiger partial charge in [0.15, 0.2) is 0 Å². The second-order valence-corrected chi connectivity index (χ2v) is 5.22. The molecule has 0 aromatic heterocycles. The molecule has 0 amide bonds. The van der Waals surface area contributed by atoms with E-state index < -0.39 is 5.92 Å². The standard InChI is InChI=1S/C12H22F2N2.ClH/c13-12(14)4-1-3-11(9-12)10-16-7-2-5-15-6-8-16;/h11,15H,1-10H2;1H. The lowest BCUT2D eigenvalue weighted by molar-refractivity contribution is -0.0566. The number of hydrogen-bond donors (Lipinski definition) is 1. The maximum Gasteiger partial charge on any atom is 0.248 e. The van der Waals surface area contributed by atoms with E-state index in [9.17, 15) is 8.78 Å². The van der Waals surface area contributed by atoms with Gasteiger partial charge in [-0.1, -0.05) is 0 Å². The molecule has 102 valence electrons. The average Bonchev–Trinajstić information content (AvgIpc) is 2.45. The summed E-state index contributed by atoms with van der Waals surface area (Å²) >= 11 is 0. The summed E-state index contributed by atoms with van der Waals surface area (Å²) in [6.45, 7) is 5.02. The van der Waals surface area contributed by atoms with Crippen LogP contribution in [-0.2, 0) is 0 Å². The number of rotatable bonds is 2. The molecule has 2 nitrogen and oxygen atoms in total. The lowest BCUT2D eigenvalue weighted by Gasteiger charge is -2.32. The van der Waals surface area contributed by atoms with E-state index in [1.54, 1.807) is 0 Å². The van der Waals surface area contributed by atoms with Crippen molar-refractivity contribution in [3.8, 4) is 0 Å². The van der Waals surface area contributed by atoms with Crippen LogP contribution >= 0.6 is 12.4 Å². The van der Waals surface area contributed by atoms with Crippen molar-refractivity contribution in [2.75, 3.05) is 32.7 Å². The highest BCUT2D eigenvalue weighted by Crippen LogP contribution is 2.36. The fourth-order valence-corrected chi connectivity index (χ4v) is 2.88. The van der Waals surface area contributed by atoms with Gasteiger partial charge >= 0.3 is 0 Å². The minimum atomic E-state index is -2.40. The van der Waals surface area contributed by atoms with Crippen LogP contribution in [0.25, 0.3) is 0 Å². The lowest BCUT2D eigenvalue weighted by Crippen LogP contribution is -2.37. The molecule has 0 aromatic rings. The van der Waals surface area contributed by atoms with E-state index in [2.05, 4.69) is 10.2 Å². The molecule has 1 saturated heterocycles.